The van der Waals surface area contributed by atoms with Crippen LogP contribution in [0.25, 0.3) is 0 Å². The molecule has 2 unspecified atom stereocenters. The molecule has 0 aliphatic carbocycles. The third-order valence-electron chi connectivity index (χ3n) is 3.69. The smallest absolute Gasteiger partial charge is 0.240 e. The van der Waals surface area contributed by atoms with E-state index in [2.05, 4.69) is 19.2 Å². The van der Waals surface area contributed by atoms with Crippen molar-refractivity contribution in [3.05, 3.63) is 0 Å². The normalized spacial score (nSPS) is 23.5. The van der Waals surface area contributed by atoms with Crippen LogP contribution in [-0.2, 0) is 9.53 Å². The van der Waals surface area contributed by atoms with Gasteiger partial charge in [0, 0.05) is 19.3 Å². The van der Waals surface area contributed by atoms with Crippen LogP contribution in [0.1, 0.15) is 40.0 Å². The van der Waals surface area contributed by atoms with E-state index in [0.29, 0.717) is 32.0 Å². The van der Waals surface area contributed by atoms with Gasteiger partial charge in [0.05, 0.1) is 5.54 Å². The maximum absolute atomic E-state index is 12.1. The van der Waals surface area contributed by atoms with Gasteiger partial charge in [0.2, 0.25) is 5.91 Å². The zero-order valence-electron chi connectivity index (χ0n) is 10.6. The molecular formula is C12H24N2O2. The van der Waals surface area contributed by atoms with Crippen molar-refractivity contribution in [3.63, 3.8) is 0 Å². The van der Waals surface area contributed by atoms with E-state index in [1.807, 2.05) is 6.92 Å². The summed E-state index contributed by atoms with van der Waals surface area (Å²) in [7, 11) is 0. The second-order valence-corrected chi connectivity index (χ2v) is 4.92. The third kappa shape index (κ3) is 3.19. The summed E-state index contributed by atoms with van der Waals surface area (Å²) in [6.07, 6.45) is 2.29. The largest absolute Gasteiger partial charge is 0.381 e. The Morgan fingerprint density at radius 2 is 2.00 bits per heavy atom. The molecule has 1 aliphatic rings. The Bertz CT molecular complexity index is 237. The zero-order valence-corrected chi connectivity index (χ0v) is 10.6. The molecule has 1 fully saturated rings. The lowest BCUT2D eigenvalue weighted by atomic mass is 9.89. The van der Waals surface area contributed by atoms with Gasteiger partial charge in [0.25, 0.3) is 0 Å². The van der Waals surface area contributed by atoms with Crippen molar-refractivity contribution in [1.29, 1.82) is 0 Å². The minimum atomic E-state index is -0.722. The van der Waals surface area contributed by atoms with Crippen LogP contribution < -0.4 is 11.1 Å². The maximum atomic E-state index is 12.1. The van der Waals surface area contributed by atoms with E-state index < -0.39 is 5.54 Å². The second-order valence-electron chi connectivity index (χ2n) is 4.92. The lowest BCUT2D eigenvalue weighted by Gasteiger charge is -2.33. The zero-order chi connectivity index (χ0) is 12.2. The first kappa shape index (κ1) is 13.5. The van der Waals surface area contributed by atoms with Crippen molar-refractivity contribution in [2.24, 2.45) is 11.7 Å². The topological polar surface area (TPSA) is 64.4 Å². The summed E-state index contributed by atoms with van der Waals surface area (Å²) in [5.74, 6) is 0.455. The molecule has 0 spiro atoms. The molecule has 94 valence electrons. The molecule has 4 heteroatoms. The molecule has 1 saturated heterocycles. The van der Waals surface area contributed by atoms with Crippen molar-refractivity contribution in [3.8, 4) is 0 Å². The van der Waals surface area contributed by atoms with Gasteiger partial charge in [-0.3, -0.25) is 4.79 Å². The molecule has 1 rings (SSSR count). The lowest BCUT2D eigenvalue weighted by molar-refractivity contribution is -0.130. The van der Waals surface area contributed by atoms with Gasteiger partial charge in [0.1, 0.15) is 0 Å². The standard InChI is InChI=1S/C12H24N2O2/c1-4-9(2)10(3)14-11(15)12(13)5-7-16-8-6-12/h9-10H,4-8,13H2,1-3H3,(H,14,15). The monoisotopic (exact) mass is 228 g/mol. The molecule has 3 N–H and O–H groups in total. The van der Waals surface area contributed by atoms with Crippen LogP contribution >= 0.6 is 0 Å². The van der Waals surface area contributed by atoms with Gasteiger partial charge in [-0.05, 0) is 25.7 Å². The Hall–Kier alpha value is -0.610. The van der Waals surface area contributed by atoms with Crippen LogP contribution in [0.2, 0.25) is 0 Å². The SMILES string of the molecule is CCC(C)C(C)NC(=O)C1(N)CCOCC1. The quantitative estimate of drug-likeness (QED) is 0.756. The highest BCUT2D eigenvalue weighted by Gasteiger charge is 2.36. The number of carbonyl (C=O) groups excluding carboxylic acids is 1. The van der Waals surface area contributed by atoms with E-state index >= 15 is 0 Å². The average Bonchev–Trinajstić information content (AvgIpc) is 2.28. The van der Waals surface area contributed by atoms with Gasteiger partial charge in [-0.15, -0.1) is 0 Å². The van der Waals surface area contributed by atoms with Gasteiger partial charge in [-0.2, -0.15) is 0 Å². The van der Waals surface area contributed by atoms with E-state index in [9.17, 15) is 4.79 Å². The first-order chi connectivity index (χ1) is 7.49. The molecule has 16 heavy (non-hydrogen) atoms. The van der Waals surface area contributed by atoms with Crippen LogP contribution in [0, 0.1) is 5.92 Å². The number of rotatable bonds is 4. The fraction of sp³-hybridized carbons (Fsp3) is 0.917. The molecule has 2 atom stereocenters. The number of ether oxygens (including phenoxy) is 1. The number of carbonyl (C=O) groups is 1. The molecule has 0 aromatic rings. The van der Waals surface area contributed by atoms with Gasteiger partial charge in [-0.25, -0.2) is 0 Å². The molecule has 4 nitrogen and oxygen atoms in total. The Morgan fingerprint density at radius 1 is 1.44 bits per heavy atom. The minimum absolute atomic E-state index is 0.0244. The molecule has 1 heterocycles. The minimum Gasteiger partial charge on any atom is -0.381 e. The summed E-state index contributed by atoms with van der Waals surface area (Å²) in [4.78, 5) is 12.1. The van der Waals surface area contributed by atoms with Gasteiger partial charge >= 0.3 is 0 Å². The molecule has 0 saturated carbocycles. The van der Waals surface area contributed by atoms with Crippen LogP contribution in [0.5, 0.6) is 0 Å². The van der Waals surface area contributed by atoms with Crippen molar-refractivity contribution in [1.82, 2.24) is 5.32 Å². The fourth-order valence-corrected chi connectivity index (χ4v) is 1.81. The summed E-state index contributed by atoms with van der Waals surface area (Å²) in [5.41, 5.74) is 5.38. The lowest BCUT2D eigenvalue weighted by Crippen LogP contribution is -2.59. The summed E-state index contributed by atoms with van der Waals surface area (Å²) in [6.45, 7) is 7.47. The van der Waals surface area contributed by atoms with Crippen molar-refractivity contribution in [2.45, 2.75) is 51.6 Å². The molecule has 0 bridgehead atoms. The molecule has 0 aromatic carbocycles. The fourth-order valence-electron chi connectivity index (χ4n) is 1.81. The summed E-state index contributed by atoms with van der Waals surface area (Å²) >= 11 is 0. The highest BCUT2D eigenvalue weighted by molar-refractivity contribution is 5.86. The highest BCUT2D eigenvalue weighted by Crippen LogP contribution is 2.18. The first-order valence-corrected chi connectivity index (χ1v) is 6.17. The second kappa shape index (κ2) is 5.64. The number of hydrogen-bond donors (Lipinski definition) is 2. The van der Waals surface area contributed by atoms with Crippen molar-refractivity contribution >= 4 is 5.91 Å². The first-order valence-electron chi connectivity index (χ1n) is 6.17. The molecule has 0 radical (unpaired) electrons. The Kier molecular flexibility index (Phi) is 4.74. The Balaban J connectivity index is 2.50. The summed E-state index contributed by atoms with van der Waals surface area (Å²) < 4.78 is 5.23. The van der Waals surface area contributed by atoms with Crippen LogP contribution in [0.15, 0.2) is 0 Å². The number of nitrogens with one attached hydrogen (secondary N) is 1. The van der Waals surface area contributed by atoms with Crippen molar-refractivity contribution in [2.75, 3.05) is 13.2 Å². The number of amides is 1. The predicted octanol–water partition coefficient (Wildman–Crippen LogP) is 1.05. The van der Waals surface area contributed by atoms with Crippen molar-refractivity contribution < 1.29 is 9.53 Å². The predicted molar refractivity (Wildman–Crippen MR) is 64.0 cm³/mol. The molecule has 1 amide bonds. The third-order valence-corrected chi connectivity index (χ3v) is 3.69. The average molecular weight is 228 g/mol. The number of hydrogen-bond acceptors (Lipinski definition) is 3. The highest BCUT2D eigenvalue weighted by atomic mass is 16.5. The van der Waals surface area contributed by atoms with E-state index in [0.717, 1.165) is 6.42 Å². The van der Waals surface area contributed by atoms with Crippen LogP contribution in [0.4, 0.5) is 0 Å². The van der Waals surface area contributed by atoms with E-state index in [1.165, 1.54) is 0 Å². The molecular weight excluding hydrogens is 204 g/mol. The summed E-state index contributed by atoms with van der Waals surface area (Å²) in [5, 5.41) is 3.02. The molecule has 1 aliphatic heterocycles. The Labute approximate surface area is 97.9 Å². The van der Waals surface area contributed by atoms with Crippen LogP contribution in [0.3, 0.4) is 0 Å². The molecule has 0 aromatic heterocycles. The van der Waals surface area contributed by atoms with Gasteiger partial charge < -0.3 is 15.8 Å². The van der Waals surface area contributed by atoms with Gasteiger partial charge in [-0.1, -0.05) is 20.3 Å². The Morgan fingerprint density at radius 3 is 2.50 bits per heavy atom. The van der Waals surface area contributed by atoms with E-state index in [1.54, 1.807) is 0 Å². The summed E-state index contributed by atoms with van der Waals surface area (Å²) in [6, 6.07) is 0.181. The van der Waals surface area contributed by atoms with Gasteiger partial charge in [0.15, 0.2) is 0 Å². The van der Waals surface area contributed by atoms with E-state index in [4.69, 9.17) is 10.5 Å². The number of nitrogens with two attached hydrogens (primary N) is 1. The maximum Gasteiger partial charge on any atom is 0.240 e. The van der Waals surface area contributed by atoms with Crippen LogP contribution in [-0.4, -0.2) is 30.7 Å². The van der Waals surface area contributed by atoms with E-state index in [-0.39, 0.29) is 11.9 Å².